The lowest BCUT2D eigenvalue weighted by molar-refractivity contribution is -0.384. The molecule has 0 aromatic heterocycles. The second-order valence-corrected chi connectivity index (χ2v) is 4.61. The van der Waals surface area contributed by atoms with Gasteiger partial charge in [-0.1, -0.05) is 12.1 Å². The van der Waals surface area contributed by atoms with Crippen LogP contribution in [0.15, 0.2) is 24.3 Å². The van der Waals surface area contributed by atoms with Crippen LogP contribution in [-0.4, -0.2) is 41.2 Å². The molecule has 0 aliphatic carbocycles. The van der Waals surface area contributed by atoms with Crippen molar-refractivity contribution in [3.8, 4) is 0 Å². The minimum absolute atomic E-state index is 0.126. The maximum Gasteiger partial charge on any atom is 0.269 e. The molecule has 0 heterocycles. The number of nitrogens with zero attached hydrogens (tertiary/aromatic N) is 2. The normalized spacial score (nSPS) is 12.7. The quantitative estimate of drug-likeness (QED) is 0.594. The summed E-state index contributed by atoms with van der Waals surface area (Å²) in [7, 11) is 2.01. The van der Waals surface area contributed by atoms with E-state index in [-0.39, 0.29) is 11.8 Å². The van der Waals surface area contributed by atoms with E-state index in [1.807, 2.05) is 7.05 Å². The van der Waals surface area contributed by atoms with E-state index in [0.717, 1.165) is 31.5 Å². The van der Waals surface area contributed by atoms with E-state index in [9.17, 15) is 15.2 Å². The van der Waals surface area contributed by atoms with E-state index >= 15 is 0 Å². The Balaban J connectivity index is 2.36. The van der Waals surface area contributed by atoms with Crippen molar-refractivity contribution in [1.29, 1.82) is 0 Å². The summed E-state index contributed by atoms with van der Waals surface area (Å²) in [6.45, 7) is 3.51. The topological polar surface area (TPSA) is 66.6 Å². The SMILES string of the molecule is CC(O)CCN(C)CCc1ccc([N+](=O)[O-])cc1. The second kappa shape index (κ2) is 7.08. The minimum atomic E-state index is -0.390. The highest BCUT2D eigenvalue weighted by Crippen LogP contribution is 2.12. The summed E-state index contributed by atoms with van der Waals surface area (Å²) in [5, 5.41) is 19.7. The molecule has 0 saturated carbocycles. The predicted octanol–water partition coefficient (Wildman–Crippen LogP) is 1.84. The number of aliphatic hydroxyl groups excluding tert-OH is 1. The Morgan fingerprint density at radius 3 is 2.44 bits per heavy atom. The van der Waals surface area contributed by atoms with E-state index in [0.29, 0.717) is 0 Å². The fourth-order valence-electron chi connectivity index (χ4n) is 1.62. The molecule has 0 bridgehead atoms. The highest BCUT2D eigenvalue weighted by molar-refractivity contribution is 5.32. The van der Waals surface area contributed by atoms with Crippen LogP contribution < -0.4 is 0 Å². The van der Waals surface area contributed by atoms with Gasteiger partial charge in [-0.3, -0.25) is 10.1 Å². The monoisotopic (exact) mass is 252 g/mol. The van der Waals surface area contributed by atoms with Crippen LogP contribution in [0.5, 0.6) is 0 Å². The summed E-state index contributed by atoms with van der Waals surface area (Å²) in [5.41, 5.74) is 1.21. The molecule has 100 valence electrons. The Kier molecular flexibility index (Phi) is 5.74. The third kappa shape index (κ3) is 5.25. The van der Waals surface area contributed by atoms with Gasteiger partial charge in [0, 0.05) is 25.2 Å². The Hall–Kier alpha value is -1.46. The van der Waals surface area contributed by atoms with Gasteiger partial charge in [-0.25, -0.2) is 0 Å². The van der Waals surface area contributed by atoms with Crippen molar-refractivity contribution >= 4 is 5.69 Å². The van der Waals surface area contributed by atoms with Gasteiger partial charge in [0.15, 0.2) is 0 Å². The number of hydrogen-bond acceptors (Lipinski definition) is 4. The average molecular weight is 252 g/mol. The molecule has 1 aromatic carbocycles. The maximum atomic E-state index is 10.5. The van der Waals surface area contributed by atoms with E-state index in [4.69, 9.17) is 0 Å². The summed E-state index contributed by atoms with van der Waals surface area (Å²) < 4.78 is 0. The summed E-state index contributed by atoms with van der Waals surface area (Å²) in [6, 6.07) is 6.65. The molecule has 0 amide bonds. The first kappa shape index (κ1) is 14.6. The molecule has 1 N–H and O–H groups in total. The first-order valence-corrected chi connectivity index (χ1v) is 6.09. The molecule has 1 unspecified atom stereocenters. The van der Waals surface area contributed by atoms with Gasteiger partial charge < -0.3 is 10.0 Å². The van der Waals surface area contributed by atoms with Crippen LogP contribution in [0.25, 0.3) is 0 Å². The fourth-order valence-corrected chi connectivity index (χ4v) is 1.62. The van der Waals surface area contributed by atoms with Gasteiger partial charge in [-0.2, -0.15) is 0 Å². The van der Waals surface area contributed by atoms with Gasteiger partial charge in [-0.15, -0.1) is 0 Å². The van der Waals surface area contributed by atoms with Crippen LogP contribution in [0.2, 0.25) is 0 Å². The van der Waals surface area contributed by atoms with Crippen LogP contribution in [0.1, 0.15) is 18.9 Å². The van der Waals surface area contributed by atoms with Crippen LogP contribution in [0, 0.1) is 10.1 Å². The van der Waals surface area contributed by atoms with Crippen molar-refractivity contribution < 1.29 is 10.0 Å². The van der Waals surface area contributed by atoms with Crippen LogP contribution >= 0.6 is 0 Å². The zero-order valence-corrected chi connectivity index (χ0v) is 10.9. The fraction of sp³-hybridized carbons (Fsp3) is 0.538. The summed E-state index contributed by atoms with van der Waals surface area (Å²) in [5.74, 6) is 0. The number of likely N-dealkylation sites (N-methyl/N-ethyl adjacent to an activating group) is 1. The standard InChI is InChI=1S/C13H20N2O3/c1-11(16)7-9-14(2)10-8-12-3-5-13(6-4-12)15(17)18/h3-6,11,16H,7-10H2,1-2H3. The van der Waals surface area contributed by atoms with Gasteiger partial charge in [-0.05, 0) is 32.4 Å². The summed E-state index contributed by atoms with van der Waals surface area (Å²) in [4.78, 5) is 12.3. The third-order valence-corrected chi connectivity index (χ3v) is 2.86. The molecule has 1 atom stereocenters. The van der Waals surface area contributed by atoms with Crippen molar-refractivity contribution in [1.82, 2.24) is 4.90 Å². The lowest BCUT2D eigenvalue weighted by atomic mass is 10.1. The first-order valence-electron chi connectivity index (χ1n) is 6.09. The number of rotatable bonds is 7. The Morgan fingerprint density at radius 1 is 1.33 bits per heavy atom. The molecule has 1 rings (SSSR count). The Labute approximate surface area is 107 Å². The highest BCUT2D eigenvalue weighted by atomic mass is 16.6. The summed E-state index contributed by atoms with van der Waals surface area (Å²) in [6.07, 6.45) is 1.34. The molecule has 0 aliphatic rings. The molecule has 0 radical (unpaired) electrons. The molecule has 1 aromatic rings. The predicted molar refractivity (Wildman–Crippen MR) is 70.6 cm³/mol. The lowest BCUT2D eigenvalue weighted by Crippen LogP contribution is -2.24. The van der Waals surface area contributed by atoms with Crippen molar-refractivity contribution in [2.75, 3.05) is 20.1 Å². The molecule has 18 heavy (non-hydrogen) atoms. The van der Waals surface area contributed by atoms with E-state index in [1.165, 1.54) is 12.1 Å². The van der Waals surface area contributed by atoms with Crippen molar-refractivity contribution in [2.24, 2.45) is 0 Å². The second-order valence-electron chi connectivity index (χ2n) is 4.61. The Bertz CT molecular complexity index is 376. The third-order valence-electron chi connectivity index (χ3n) is 2.86. The van der Waals surface area contributed by atoms with Crippen molar-refractivity contribution in [3.63, 3.8) is 0 Å². The molecular weight excluding hydrogens is 232 g/mol. The van der Waals surface area contributed by atoms with E-state index < -0.39 is 4.92 Å². The average Bonchev–Trinajstić information content (AvgIpc) is 2.34. The van der Waals surface area contributed by atoms with Gasteiger partial charge >= 0.3 is 0 Å². The van der Waals surface area contributed by atoms with Crippen LogP contribution in [0.3, 0.4) is 0 Å². The molecule has 5 nitrogen and oxygen atoms in total. The number of benzene rings is 1. The van der Waals surface area contributed by atoms with Crippen LogP contribution in [-0.2, 0) is 6.42 Å². The highest BCUT2D eigenvalue weighted by Gasteiger charge is 2.05. The van der Waals surface area contributed by atoms with Gasteiger partial charge in [0.05, 0.1) is 11.0 Å². The zero-order chi connectivity index (χ0) is 13.5. The number of aliphatic hydroxyl groups is 1. The van der Waals surface area contributed by atoms with E-state index in [1.54, 1.807) is 19.1 Å². The van der Waals surface area contributed by atoms with E-state index in [2.05, 4.69) is 4.90 Å². The molecule has 0 aliphatic heterocycles. The van der Waals surface area contributed by atoms with Crippen molar-refractivity contribution in [2.45, 2.75) is 25.9 Å². The maximum absolute atomic E-state index is 10.5. The minimum Gasteiger partial charge on any atom is -0.393 e. The number of non-ortho nitro benzene ring substituents is 1. The smallest absolute Gasteiger partial charge is 0.269 e. The molecule has 0 fully saturated rings. The Morgan fingerprint density at radius 2 is 1.94 bits per heavy atom. The van der Waals surface area contributed by atoms with Gasteiger partial charge in [0.2, 0.25) is 0 Å². The first-order chi connectivity index (χ1) is 8.49. The van der Waals surface area contributed by atoms with Gasteiger partial charge in [0.25, 0.3) is 5.69 Å². The molecule has 0 spiro atoms. The zero-order valence-electron chi connectivity index (χ0n) is 10.9. The number of nitro benzene ring substituents is 1. The van der Waals surface area contributed by atoms with Crippen LogP contribution in [0.4, 0.5) is 5.69 Å². The number of nitro groups is 1. The largest absolute Gasteiger partial charge is 0.393 e. The van der Waals surface area contributed by atoms with Crippen molar-refractivity contribution in [3.05, 3.63) is 39.9 Å². The molecule has 5 heteroatoms. The lowest BCUT2D eigenvalue weighted by Gasteiger charge is -2.17. The molecular formula is C13H20N2O3. The van der Waals surface area contributed by atoms with Gasteiger partial charge in [0.1, 0.15) is 0 Å². The number of hydrogen-bond donors (Lipinski definition) is 1. The summed E-state index contributed by atoms with van der Waals surface area (Å²) >= 11 is 0. The molecule has 0 saturated heterocycles.